The van der Waals surface area contributed by atoms with E-state index in [1.807, 2.05) is 12.1 Å². The largest absolute Gasteiger partial charge is 0.508 e. The second-order valence-corrected chi connectivity index (χ2v) is 10.6. The maximum absolute atomic E-state index is 13.1. The van der Waals surface area contributed by atoms with E-state index in [9.17, 15) is 18.3 Å². The first kappa shape index (κ1) is 27.2. The van der Waals surface area contributed by atoms with Gasteiger partial charge in [0.05, 0.1) is 15.7 Å². The van der Waals surface area contributed by atoms with E-state index in [0.717, 1.165) is 5.69 Å². The molecule has 1 amide bonds. The first-order chi connectivity index (χ1) is 16.1. The van der Waals surface area contributed by atoms with Crippen LogP contribution in [0.15, 0.2) is 65.6 Å². The maximum Gasteiger partial charge on any atom is 0.263 e. The maximum atomic E-state index is 13.1. The van der Waals surface area contributed by atoms with Crippen molar-refractivity contribution < 1.29 is 18.3 Å². The molecule has 0 spiro atoms. The van der Waals surface area contributed by atoms with Crippen molar-refractivity contribution in [1.82, 2.24) is 4.90 Å². The van der Waals surface area contributed by atoms with Crippen LogP contribution in [-0.2, 0) is 10.0 Å². The number of carbonyl (C=O) groups is 1. The molecule has 0 saturated carbocycles. The molecule has 12 heteroatoms. The molecule has 7 nitrogen and oxygen atoms in total. The molecule has 4 rings (SSSR count). The third kappa shape index (κ3) is 6.26. The summed E-state index contributed by atoms with van der Waals surface area (Å²) in [5, 5.41) is 9.91. The lowest BCUT2D eigenvalue weighted by atomic mass is 10.1. The minimum atomic E-state index is -4.14. The Bertz CT molecular complexity index is 1330. The van der Waals surface area contributed by atoms with Crippen molar-refractivity contribution >= 4 is 74.5 Å². The van der Waals surface area contributed by atoms with Crippen LogP contribution in [0.3, 0.4) is 0 Å². The molecular weight excluding hydrogens is 556 g/mol. The van der Waals surface area contributed by atoms with Gasteiger partial charge in [-0.05, 0) is 60.7 Å². The molecule has 1 fully saturated rings. The normalized spacial score (nSPS) is 13.8. The van der Waals surface area contributed by atoms with E-state index in [0.29, 0.717) is 31.2 Å². The number of carbonyl (C=O) groups excluding carboxylic acids is 1. The molecule has 3 aromatic carbocycles. The average molecular weight is 577 g/mol. The standard InChI is InChI=1S/C23H20Cl3N3O4S.ClH/c24-16-2-8-19(25)21(14-16)27-34(32,33)22-13-15(1-7-20(22)26)23(31)29-11-9-28(10-12-29)17-3-5-18(30)6-4-17;/h1-8,13-14,27,30H,9-12H2;1H. The summed E-state index contributed by atoms with van der Waals surface area (Å²) in [6.07, 6.45) is 0. The summed E-state index contributed by atoms with van der Waals surface area (Å²) in [6.45, 7) is 2.12. The summed E-state index contributed by atoms with van der Waals surface area (Å²) in [6, 6.07) is 15.4. The fourth-order valence-electron chi connectivity index (χ4n) is 3.63. The second kappa shape index (κ2) is 11.1. The number of hydrogen-bond donors (Lipinski definition) is 2. The average Bonchev–Trinajstić information content (AvgIpc) is 2.81. The number of benzene rings is 3. The predicted octanol–water partition coefficient (Wildman–Crippen LogP) is 5.54. The lowest BCUT2D eigenvalue weighted by Crippen LogP contribution is -2.48. The fraction of sp³-hybridized carbons (Fsp3) is 0.174. The Morgan fingerprint density at radius 3 is 2.14 bits per heavy atom. The number of phenolic OH excluding ortho intramolecular Hbond substituents is 1. The summed E-state index contributed by atoms with van der Waals surface area (Å²) in [7, 11) is -4.14. The number of nitrogens with one attached hydrogen (secondary N) is 1. The van der Waals surface area contributed by atoms with Gasteiger partial charge in [-0.1, -0.05) is 34.8 Å². The summed E-state index contributed by atoms with van der Waals surface area (Å²) in [4.78, 5) is 16.7. The first-order valence-corrected chi connectivity index (χ1v) is 12.9. The third-order valence-electron chi connectivity index (χ3n) is 5.42. The molecule has 0 atom stereocenters. The highest BCUT2D eigenvalue weighted by atomic mass is 35.5. The van der Waals surface area contributed by atoms with Crippen LogP contribution in [0.2, 0.25) is 15.1 Å². The second-order valence-electron chi connectivity index (χ2n) is 7.67. The Morgan fingerprint density at radius 1 is 0.857 bits per heavy atom. The highest BCUT2D eigenvalue weighted by Gasteiger charge is 2.26. The lowest BCUT2D eigenvalue weighted by Gasteiger charge is -2.36. The first-order valence-electron chi connectivity index (χ1n) is 10.2. The van der Waals surface area contributed by atoms with E-state index < -0.39 is 10.0 Å². The Labute approximate surface area is 224 Å². The minimum absolute atomic E-state index is 0. The molecule has 0 bridgehead atoms. The molecular formula is C23H21Cl4N3O4S. The van der Waals surface area contributed by atoms with Crippen LogP contribution in [0, 0.1) is 0 Å². The van der Waals surface area contributed by atoms with E-state index in [4.69, 9.17) is 34.8 Å². The zero-order valence-electron chi connectivity index (χ0n) is 18.1. The van der Waals surface area contributed by atoms with Gasteiger partial charge in [-0.25, -0.2) is 8.42 Å². The number of aromatic hydroxyl groups is 1. The van der Waals surface area contributed by atoms with Gasteiger partial charge in [-0.3, -0.25) is 9.52 Å². The van der Waals surface area contributed by atoms with Crippen LogP contribution < -0.4 is 9.62 Å². The van der Waals surface area contributed by atoms with Crippen LogP contribution in [0.25, 0.3) is 0 Å². The van der Waals surface area contributed by atoms with E-state index in [1.54, 1.807) is 17.0 Å². The highest BCUT2D eigenvalue weighted by molar-refractivity contribution is 7.92. The number of halogens is 4. The van der Waals surface area contributed by atoms with Crippen LogP contribution >= 0.6 is 47.2 Å². The van der Waals surface area contributed by atoms with E-state index >= 15 is 0 Å². The van der Waals surface area contributed by atoms with Crippen molar-refractivity contribution in [3.63, 3.8) is 0 Å². The van der Waals surface area contributed by atoms with E-state index in [2.05, 4.69) is 9.62 Å². The lowest BCUT2D eigenvalue weighted by molar-refractivity contribution is 0.0746. The number of phenols is 1. The number of amides is 1. The summed E-state index contributed by atoms with van der Waals surface area (Å²) in [5.74, 6) is -0.0996. The van der Waals surface area contributed by atoms with E-state index in [1.165, 1.54) is 36.4 Å². The Hall–Kier alpha value is -2.36. The van der Waals surface area contributed by atoms with Crippen LogP contribution in [0.5, 0.6) is 5.75 Å². The number of piperazine rings is 1. The highest BCUT2D eigenvalue weighted by Crippen LogP contribution is 2.30. The smallest absolute Gasteiger partial charge is 0.263 e. The van der Waals surface area contributed by atoms with Gasteiger partial charge in [0.1, 0.15) is 10.6 Å². The van der Waals surface area contributed by atoms with Crippen molar-refractivity contribution in [2.75, 3.05) is 35.8 Å². The number of nitrogens with zero attached hydrogens (tertiary/aromatic N) is 2. The summed E-state index contributed by atoms with van der Waals surface area (Å²) >= 11 is 18.2. The zero-order valence-corrected chi connectivity index (χ0v) is 22.0. The molecule has 1 aliphatic rings. The molecule has 3 aromatic rings. The molecule has 2 N–H and O–H groups in total. The molecule has 1 heterocycles. The van der Waals surface area contributed by atoms with Crippen LogP contribution in [-0.4, -0.2) is 50.5 Å². The molecule has 1 saturated heterocycles. The van der Waals surface area contributed by atoms with Crippen molar-refractivity contribution in [3.05, 3.63) is 81.3 Å². The molecule has 35 heavy (non-hydrogen) atoms. The van der Waals surface area contributed by atoms with Crippen LogP contribution in [0.4, 0.5) is 11.4 Å². The summed E-state index contributed by atoms with van der Waals surface area (Å²) < 4.78 is 28.4. The molecule has 0 aliphatic carbocycles. The van der Waals surface area contributed by atoms with Crippen molar-refractivity contribution in [2.45, 2.75) is 4.90 Å². The molecule has 0 aromatic heterocycles. The Balaban J connectivity index is 0.00000342. The van der Waals surface area contributed by atoms with Gasteiger partial charge in [0.2, 0.25) is 0 Å². The number of rotatable bonds is 5. The van der Waals surface area contributed by atoms with Gasteiger partial charge in [-0.2, -0.15) is 0 Å². The van der Waals surface area contributed by atoms with Crippen LogP contribution in [0.1, 0.15) is 10.4 Å². The number of anilines is 2. The monoisotopic (exact) mass is 575 g/mol. The SMILES string of the molecule is Cl.O=C(c1ccc(Cl)c(S(=O)(=O)Nc2cc(Cl)ccc2Cl)c1)N1CCN(c2ccc(O)cc2)CC1. The molecule has 1 aliphatic heterocycles. The van der Waals surface area contributed by atoms with Gasteiger partial charge in [0.25, 0.3) is 15.9 Å². The topological polar surface area (TPSA) is 90.0 Å². The zero-order chi connectivity index (χ0) is 24.5. The third-order valence-corrected chi connectivity index (χ3v) is 7.83. The Morgan fingerprint density at radius 2 is 1.49 bits per heavy atom. The number of hydrogen-bond acceptors (Lipinski definition) is 5. The minimum Gasteiger partial charge on any atom is -0.508 e. The Kier molecular flexibility index (Phi) is 8.67. The number of sulfonamides is 1. The van der Waals surface area contributed by atoms with Crippen molar-refractivity contribution in [2.24, 2.45) is 0 Å². The quantitative estimate of drug-likeness (QED) is 0.416. The summed E-state index contributed by atoms with van der Waals surface area (Å²) in [5.41, 5.74) is 1.27. The molecule has 0 radical (unpaired) electrons. The van der Waals surface area contributed by atoms with Crippen molar-refractivity contribution in [1.29, 1.82) is 0 Å². The van der Waals surface area contributed by atoms with Gasteiger partial charge in [0, 0.05) is 42.5 Å². The predicted molar refractivity (Wildman–Crippen MR) is 142 cm³/mol. The molecule has 0 unspecified atom stereocenters. The van der Waals surface area contributed by atoms with Crippen molar-refractivity contribution in [3.8, 4) is 5.75 Å². The van der Waals surface area contributed by atoms with Gasteiger partial charge in [0.15, 0.2) is 0 Å². The van der Waals surface area contributed by atoms with Gasteiger partial charge >= 0.3 is 0 Å². The van der Waals surface area contributed by atoms with E-state index in [-0.39, 0.29) is 50.3 Å². The van der Waals surface area contributed by atoms with Gasteiger partial charge in [-0.15, -0.1) is 12.4 Å². The van der Waals surface area contributed by atoms with Gasteiger partial charge < -0.3 is 14.9 Å². The fourth-order valence-corrected chi connectivity index (χ4v) is 5.62. The molecule has 186 valence electrons.